The molecule has 0 radical (unpaired) electrons. The maximum Gasteiger partial charge on any atom is 0.306 e. The Morgan fingerprint density at radius 2 is 2.05 bits per heavy atom. The van der Waals surface area contributed by atoms with E-state index in [0.29, 0.717) is 12.8 Å². The van der Waals surface area contributed by atoms with Crippen LogP contribution < -0.4 is 16.8 Å². The lowest BCUT2D eigenvalue weighted by Crippen LogP contribution is -2.42. The molecule has 0 spiro atoms. The summed E-state index contributed by atoms with van der Waals surface area (Å²) in [4.78, 5) is 26.8. The Bertz CT molecular complexity index is 407. The van der Waals surface area contributed by atoms with Crippen LogP contribution in [0.4, 0.5) is 0 Å². The fourth-order valence-electron chi connectivity index (χ4n) is 3.10. The summed E-state index contributed by atoms with van der Waals surface area (Å²) in [6, 6.07) is -0.329. The molecule has 0 aromatic carbocycles. The molecule has 1 aliphatic rings. The van der Waals surface area contributed by atoms with Crippen molar-refractivity contribution in [3.05, 3.63) is 0 Å². The van der Waals surface area contributed by atoms with Gasteiger partial charge in [-0.3, -0.25) is 9.59 Å². The van der Waals surface area contributed by atoms with Crippen molar-refractivity contribution in [3.8, 4) is 0 Å². The SMILES string of the molecule is CCCC[C@@H](NC(C)=O)[C@@H]1CC(C(=O)O)C[C@@H]1N=C(N)N. The molecule has 1 aliphatic carbocycles. The van der Waals surface area contributed by atoms with E-state index in [0.717, 1.165) is 19.3 Å². The van der Waals surface area contributed by atoms with Crippen LogP contribution in [0.25, 0.3) is 0 Å². The van der Waals surface area contributed by atoms with Crippen LogP contribution in [0.1, 0.15) is 46.0 Å². The van der Waals surface area contributed by atoms with Gasteiger partial charge in [0.15, 0.2) is 5.96 Å². The van der Waals surface area contributed by atoms with Crippen molar-refractivity contribution in [1.29, 1.82) is 0 Å². The summed E-state index contributed by atoms with van der Waals surface area (Å²) in [5, 5.41) is 12.2. The van der Waals surface area contributed by atoms with Crippen LogP contribution in [0.5, 0.6) is 0 Å². The summed E-state index contributed by atoms with van der Waals surface area (Å²) in [6.07, 6.45) is 3.70. The fourth-order valence-corrected chi connectivity index (χ4v) is 3.10. The van der Waals surface area contributed by atoms with Crippen LogP contribution in [0.15, 0.2) is 4.99 Å². The van der Waals surface area contributed by atoms with E-state index >= 15 is 0 Å². The molecule has 0 bridgehead atoms. The first kappa shape index (κ1) is 17.3. The molecule has 1 saturated carbocycles. The average Bonchev–Trinajstić information content (AvgIpc) is 2.77. The maximum atomic E-state index is 11.4. The van der Waals surface area contributed by atoms with E-state index in [1.165, 1.54) is 6.92 Å². The molecule has 21 heavy (non-hydrogen) atoms. The highest BCUT2D eigenvalue weighted by Crippen LogP contribution is 2.37. The van der Waals surface area contributed by atoms with Gasteiger partial charge in [0.1, 0.15) is 0 Å². The van der Waals surface area contributed by atoms with E-state index in [2.05, 4.69) is 17.2 Å². The van der Waals surface area contributed by atoms with Gasteiger partial charge in [-0.2, -0.15) is 0 Å². The molecule has 120 valence electrons. The predicted octanol–water partition coefficient (Wildman–Crippen LogP) is 0.434. The Morgan fingerprint density at radius 3 is 2.52 bits per heavy atom. The van der Waals surface area contributed by atoms with E-state index in [4.69, 9.17) is 11.5 Å². The Morgan fingerprint density at radius 1 is 1.38 bits per heavy atom. The summed E-state index contributed by atoms with van der Waals surface area (Å²) in [7, 11) is 0. The molecular formula is C14H26N4O3. The minimum Gasteiger partial charge on any atom is -0.481 e. The van der Waals surface area contributed by atoms with Gasteiger partial charge in [0.05, 0.1) is 12.0 Å². The van der Waals surface area contributed by atoms with Crippen molar-refractivity contribution < 1.29 is 14.7 Å². The first-order chi connectivity index (χ1) is 9.85. The molecular weight excluding hydrogens is 272 g/mol. The van der Waals surface area contributed by atoms with Gasteiger partial charge in [-0.1, -0.05) is 19.8 Å². The van der Waals surface area contributed by atoms with Gasteiger partial charge in [-0.15, -0.1) is 0 Å². The van der Waals surface area contributed by atoms with Crippen LogP contribution in [0.2, 0.25) is 0 Å². The quantitative estimate of drug-likeness (QED) is 0.400. The maximum absolute atomic E-state index is 11.4. The van der Waals surface area contributed by atoms with Crippen molar-refractivity contribution in [2.24, 2.45) is 28.3 Å². The van der Waals surface area contributed by atoms with E-state index in [1.807, 2.05) is 0 Å². The lowest BCUT2D eigenvalue weighted by Gasteiger charge is -2.27. The number of nitrogens with two attached hydrogens (primary N) is 2. The predicted molar refractivity (Wildman–Crippen MR) is 80.6 cm³/mol. The number of nitrogens with one attached hydrogen (secondary N) is 1. The number of hydrogen-bond donors (Lipinski definition) is 4. The van der Waals surface area contributed by atoms with Crippen molar-refractivity contribution in [3.63, 3.8) is 0 Å². The number of aliphatic carboxylic acids is 1. The highest BCUT2D eigenvalue weighted by atomic mass is 16.4. The molecule has 6 N–H and O–H groups in total. The van der Waals surface area contributed by atoms with E-state index in [9.17, 15) is 14.7 Å². The molecule has 7 nitrogen and oxygen atoms in total. The third kappa shape index (κ3) is 5.24. The van der Waals surface area contributed by atoms with Crippen LogP contribution >= 0.6 is 0 Å². The molecule has 0 saturated heterocycles. The normalized spacial score (nSPS) is 26.1. The molecule has 4 atom stereocenters. The van der Waals surface area contributed by atoms with Crippen LogP contribution in [0, 0.1) is 11.8 Å². The summed E-state index contributed by atoms with van der Waals surface area (Å²) in [5.41, 5.74) is 10.9. The summed E-state index contributed by atoms with van der Waals surface area (Å²) >= 11 is 0. The highest BCUT2D eigenvalue weighted by Gasteiger charge is 2.42. The molecule has 1 amide bonds. The second-order valence-electron chi connectivity index (χ2n) is 5.74. The van der Waals surface area contributed by atoms with Gasteiger partial charge < -0.3 is 21.9 Å². The van der Waals surface area contributed by atoms with Gasteiger partial charge in [0.25, 0.3) is 0 Å². The number of guanidine groups is 1. The van der Waals surface area contributed by atoms with Gasteiger partial charge in [0.2, 0.25) is 5.91 Å². The third-order valence-electron chi connectivity index (χ3n) is 4.02. The zero-order chi connectivity index (χ0) is 16.0. The van der Waals surface area contributed by atoms with E-state index in [-0.39, 0.29) is 29.9 Å². The first-order valence-electron chi connectivity index (χ1n) is 7.43. The number of carboxylic acid groups (broad SMARTS) is 1. The second-order valence-corrected chi connectivity index (χ2v) is 5.74. The lowest BCUT2D eigenvalue weighted by atomic mass is 9.90. The number of carbonyl (C=O) groups is 2. The molecule has 1 fully saturated rings. The number of aliphatic imine (C=N–C) groups is 1. The standard InChI is InChI=1S/C14H26N4O3/c1-3-4-5-11(17-8(2)19)10-6-9(13(20)21)7-12(10)18-14(15)16/h9-12H,3-7H2,1-2H3,(H,17,19)(H,20,21)(H4,15,16,18)/t9?,10-,11+,12-/m0/s1. The topological polar surface area (TPSA) is 131 Å². The van der Waals surface area contributed by atoms with Crippen molar-refractivity contribution in [2.45, 2.75) is 58.0 Å². The molecule has 1 unspecified atom stereocenters. The number of rotatable bonds is 7. The number of amides is 1. The van der Waals surface area contributed by atoms with Gasteiger partial charge in [0, 0.05) is 18.9 Å². The zero-order valence-corrected chi connectivity index (χ0v) is 12.7. The van der Waals surface area contributed by atoms with Crippen LogP contribution in [0.3, 0.4) is 0 Å². The Hall–Kier alpha value is -1.79. The summed E-state index contributed by atoms with van der Waals surface area (Å²) in [6.45, 7) is 3.55. The lowest BCUT2D eigenvalue weighted by molar-refractivity contribution is -0.141. The number of nitrogens with zero attached hydrogens (tertiary/aromatic N) is 1. The number of carbonyl (C=O) groups excluding carboxylic acids is 1. The summed E-state index contributed by atoms with van der Waals surface area (Å²) < 4.78 is 0. The second kappa shape index (κ2) is 7.85. The van der Waals surface area contributed by atoms with Crippen molar-refractivity contribution in [1.82, 2.24) is 5.32 Å². The van der Waals surface area contributed by atoms with Gasteiger partial charge >= 0.3 is 5.97 Å². The Kier molecular flexibility index (Phi) is 6.45. The number of unbranched alkanes of at least 4 members (excludes halogenated alkanes) is 1. The minimum absolute atomic E-state index is 0.0342. The number of hydrogen-bond acceptors (Lipinski definition) is 3. The van der Waals surface area contributed by atoms with Gasteiger partial charge in [-0.05, 0) is 19.3 Å². The fraction of sp³-hybridized carbons (Fsp3) is 0.786. The number of carboxylic acids is 1. The molecule has 7 heteroatoms. The monoisotopic (exact) mass is 298 g/mol. The smallest absolute Gasteiger partial charge is 0.306 e. The van der Waals surface area contributed by atoms with Crippen LogP contribution in [-0.2, 0) is 9.59 Å². The van der Waals surface area contributed by atoms with Crippen molar-refractivity contribution in [2.75, 3.05) is 0 Å². The molecule has 0 aromatic heterocycles. The van der Waals surface area contributed by atoms with E-state index in [1.54, 1.807) is 0 Å². The zero-order valence-electron chi connectivity index (χ0n) is 12.7. The molecule has 0 heterocycles. The molecule has 0 aliphatic heterocycles. The van der Waals surface area contributed by atoms with E-state index < -0.39 is 11.9 Å². The summed E-state index contributed by atoms with van der Waals surface area (Å²) in [5.74, 6) is -1.47. The Balaban J connectivity index is 2.91. The molecule has 1 rings (SSSR count). The van der Waals surface area contributed by atoms with Crippen LogP contribution in [-0.4, -0.2) is 35.0 Å². The largest absolute Gasteiger partial charge is 0.481 e. The highest BCUT2D eigenvalue weighted by molar-refractivity contribution is 5.76. The Labute approximate surface area is 125 Å². The third-order valence-corrected chi connectivity index (χ3v) is 4.02. The van der Waals surface area contributed by atoms with Gasteiger partial charge in [-0.25, -0.2) is 4.99 Å². The first-order valence-corrected chi connectivity index (χ1v) is 7.43. The minimum atomic E-state index is -0.828. The average molecular weight is 298 g/mol. The molecule has 0 aromatic rings. The van der Waals surface area contributed by atoms with Crippen molar-refractivity contribution >= 4 is 17.8 Å².